The molecule has 1 unspecified atom stereocenters. The Hall–Kier alpha value is -1.90. The van der Waals surface area contributed by atoms with Crippen molar-refractivity contribution in [2.45, 2.75) is 39.8 Å². The van der Waals surface area contributed by atoms with Crippen LogP contribution in [0.15, 0.2) is 12.1 Å². The third-order valence-electron chi connectivity index (χ3n) is 5.19. The molecule has 0 radical (unpaired) electrons. The third-order valence-corrected chi connectivity index (χ3v) is 5.19. The molecule has 0 aliphatic carbocycles. The first-order valence-electron chi connectivity index (χ1n) is 9.35. The summed E-state index contributed by atoms with van der Waals surface area (Å²) >= 11 is 0. The van der Waals surface area contributed by atoms with E-state index in [1.165, 1.54) is 0 Å². The monoisotopic (exact) mass is 375 g/mol. The predicted octanol–water partition coefficient (Wildman–Crippen LogP) is 0.547. The molecule has 8 heteroatoms. The van der Waals surface area contributed by atoms with E-state index in [9.17, 15) is 14.6 Å². The number of esters is 1. The maximum atomic E-state index is 12.8. The van der Waals surface area contributed by atoms with Crippen LogP contribution in [-0.4, -0.2) is 49.9 Å². The maximum absolute atomic E-state index is 12.8. The molecule has 0 spiro atoms. The molecule has 7 nitrogen and oxygen atoms in total. The molecule has 2 aliphatic rings. The number of ether oxygens (including phenoxy) is 2. The second-order valence-electron chi connectivity index (χ2n) is 7.53. The first-order chi connectivity index (χ1) is 12.9. The first kappa shape index (κ1) is 19.9. The number of benzene rings is 1. The fourth-order valence-electron chi connectivity index (χ4n) is 3.47. The molecule has 1 aromatic carbocycles. The second kappa shape index (κ2) is 8.41. The van der Waals surface area contributed by atoms with Gasteiger partial charge in [-0.15, -0.1) is 0 Å². The highest BCUT2D eigenvalue weighted by molar-refractivity contribution is 6.62. The van der Waals surface area contributed by atoms with Crippen molar-refractivity contribution in [2.75, 3.05) is 19.8 Å². The number of hydrogen-bond acceptors (Lipinski definition) is 6. The quantitative estimate of drug-likeness (QED) is 0.557. The van der Waals surface area contributed by atoms with Crippen LogP contribution in [0.2, 0.25) is 0 Å². The van der Waals surface area contributed by atoms with Crippen molar-refractivity contribution in [3.63, 3.8) is 0 Å². The molecule has 2 atom stereocenters. The number of fused-ring (bicyclic) bond motifs is 1. The number of rotatable bonds is 6. The molecule has 3 rings (SSSR count). The van der Waals surface area contributed by atoms with Crippen LogP contribution in [0.1, 0.15) is 41.8 Å². The minimum Gasteiger partial charge on any atom is -0.464 e. The molecular weight excluding hydrogens is 349 g/mol. The summed E-state index contributed by atoms with van der Waals surface area (Å²) < 4.78 is 15.9. The SMILES string of the molecule is Cc1c(C(=O)NC(C(=O)OC[C@H]2CCOC2)C(C)C)ccc2c1B(O)OC2. The Morgan fingerprint density at radius 3 is 2.85 bits per heavy atom. The Bertz CT molecular complexity index is 716. The van der Waals surface area contributed by atoms with Gasteiger partial charge in [0.25, 0.3) is 5.91 Å². The zero-order valence-electron chi connectivity index (χ0n) is 16.0. The smallest absolute Gasteiger partial charge is 0.464 e. The molecule has 0 bridgehead atoms. The zero-order valence-corrected chi connectivity index (χ0v) is 16.0. The lowest BCUT2D eigenvalue weighted by atomic mass is 9.75. The van der Waals surface area contributed by atoms with Gasteiger partial charge in [-0.1, -0.05) is 19.9 Å². The van der Waals surface area contributed by atoms with E-state index < -0.39 is 19.1 Å². The van der Waals surface area contributed by atoms with Gasteiger partial charge < -0.3 is 24.5 Å². The van der Waals surface area contributed by atoms with Gasteiger partial charge in [-0.05, 0) is 41.9 Å². The van der Waals surface area contributed by atoms with Gasteiger partial charge in [0.1, 0.15) is 6.04 Å². The summed E-state index contributed by atoms with van der Waals surface area (Å²) in [5, 5.41) is 12.7. The standard InChI is InChI=1S/C19H26BNO6/c1-11(2)17(19(23)26-9-13-6-7-25-8-13)21-18(22)15-5-4-14-10-27-20(24)16(14)12(15)3/h4-5,11,13,17,24H,6-10H2,1-3H3,(H,21,22)/t13-,17?/m0/s1. The molecule has 2 aliphatic heterocycles. The Balaban J connectivity index is 1.68. The number of carbonyl (C=O) groups excluding carboxylic acids is 2. The van der Waals surface area contributed by atoms with E-state index >= 15 is 0 Å². The van der Waals surface area contributed by atoms with Crippen molar-refractivity contribution >= 4 is 24.5 Å². The fourth-order valence-corrected chi connectivity index (χ4v) is 3.47. The van der Waals surface area contributed by atoms with E-state index in [2.05, 4.69) is 5.32 Å². The Morgan fingerprint density at radius 2 is 2.19 bits per heavy atom. The van der Waals surface area contributed by atoms with Gasteiger partial charge in [0, 0.05) is 18.1 Å². The van der Waals surface area contributed by atoms with Crippen molar-refractivity contribution < 1.29 is 28.7 Å². The minimum absolute atomic E-state index is 0.120. The average Bonchev–Trinajstić information content (AvgIpc) is 3.27. The van der Waals surface area contributed by atoms with Crippen LogP contribution in [0.5, 0.6) is 0 Å². The normalized spacial score (nSPS) is 19.9. The van der Waals surface area contributed by atoms with Crippen LogP contribution in [0.3, 0.4) is 0 Å². The number of carbonyl (C=O) groups is 2. The van der Waals surface area contributed by atoms with Crippen LogP contribution in [0.4, 0.5) is 0 Å². The minimum atomic E-state index is -1.02. The number of nitrogens with one attached hydrogen (secondary N) is 1. The lowest BCUT2D eigenvalue weighted by molar-refractivity contribution is -0.148. The summed E-state index contributed by atoms with van der Waals surface area (Å²) in [5.41, 5.74) is 2.58. The topological polar surface area (TPSA) is 94.1 Å². The van der Waals surface area contributed by atoms with Gasteiger partial charge in [-0.3, -0.25) is 4.79 Å². The lowest BCUT2D eigenvalue weighted by Gasteiger charge is -2.22. The molecule has 0 saturated carbocycles. The largest absolute Gasteiger partial charge is 0.492 e. The average molecular weight is 375 g/mol. The van der Waals surface area contributed by atoms with Crippen LogP contribution >= 0.6 is 0 Å². The molecule has 1 saturated heterocycles. The number of hydrogen-bond donors (Lipinski definition) is 2. The van der Waals surface area contributed by atoms with Gasteiger partial charge in [-0.25, -0.2) is 4.79 Å². The van der Waals surface area contributed by atoms with Gasteiger partial charge in [0.15, 0.2) is 0 Å². The van der Waals surface area contributed by atoms with Gasteiger partial charge in [0.05, 0.1) is 19.8 Å². The van der Waals surface area contributed by atoms with Crippen molar-refractivity contribution in [1.82, 2.24) is 5.32 Å². The van der Waals surface area contributed by atoms with Crippen LogP contribution in [-0.2, 0) is 25.5 Å². The summed E-state index contributed by atoms with van der Waals surface area (Å²) in [6.07, 6.45) is 0.880. The Labute approximate surface area is 159 Å². The highest BCUT2D eigenvalue weighted by Crippen LogP contribution is 2.18. The molecule has 146 valence electrons. The van der Waals surface area contributed by atoms with Gasteiger partial charge in [0.2, 0.25) is 0 Å². The molecule has 27 heavy (non-hydrogen) atoms. The van der Waals surface area contributed by atoms with E-state index in [1.54, 1.807) is 19.1 Å². The van der Waals surface area contributed by atoms with E-state index in [-0.39, 0.29) is 17.7 Å². The second-order valence-corrected chi connectivity index (χ2v) is 7.53. The van der Waals surface area contributed by atoms with Crippen LogP contribution < -0.4 is 10.8 Å². The summed E-state index contributed by atoms with van der Waals surface area (Å²) in [4.78, 5) is 25.3. The molecule has 2 N–H and O–H groups in total. The summed E-state index contributed by atoms with van der Waals surface area (Å²) in [7, 11) is -1.02. The molecule has 0 aromatic heterocycles. The van der Waals surface area contributed by atoms with Gasteiger partial charge in [-0.2, -0.15) is 0 Å². The molecular formula is C19H26BNO6. The van der Waals surface area contributed by atoms with Crippen LogP contribution in [0.25, 0.3) is 0 Å². The summed E-state index contributed by atoms with van der Waals surface area (Å²) in [6, 6.07) is 2.73. The highest BCUT2D eigenvalue weighted by Gasteiger charge is 2.33. The third kappa shape index (κ3) is 4.34. The first-order valence-corrected chi connectivity index (χ1v) is 9.35. The summed E-state index contributed by atoms with van der Waals surface area (Å²) in [5.74, 6) is -0.704. The Kier molecular flexibility index (Phi) is 6.19. The van der Waals surface area contributed by atoms with Crippen molar-refractivity contribution in [1.29, 1.82) is 0 Å². The molecule has 1 fully saturated rings. The van der Waals surface area contributed by atoms with E-state index in [4.69, 9.17) is 14.1 Å². The van der Waals surface area contributed by atoms with Crippen molar-refractivity contribution in [3.8, 4) is 0 Å². The van der Waals surface area contributed by atoms with E-state index in [0.29, 0.717) is 43.0 Å². The lowest BCUT2D eigenvalue weighted by Crippen LogP contribution is -2.46. The van der Waals surface area contributed by atoms with Crippen molar-refractivity contribution in [2.24, 2.45) is 11.8 Å². The van der Waals surface area contributed by atoms with E-state index in [1.807, 2.05) is 13.8 Å². The maximum Gasteiger partial charge on any atom is 0.492 e. The van der Waals surface area contributed by atoms with Crippen molar-refractivity contribution in [3.05, 3.63) is 28.8 Å². The fraction of sp³-hybridized carbons (Fsp3) is 0.579. The molecule has 1 aromatic rings. The van der Waals surface area contributed by atoms with E-state index in [0.717, 1.165) is 12.0 Å². The predicted molar refractivity (Wildman–Crippen MR) is 99.6 cm³/mol. The van der Waals surface area contributed by atoms with Crippen LogP contribution in [0, 0.1) is 18.8 Å². The summed E-state index contributed by atoms with van der Waals surface area (Å²) in [6.45, 7) is 7.42. The van der Waals surface area contributed by atoms with Gasteiger partial charge >= 0.3 is 13.1 Å². The zero-order chi connectivity index (χ0) is 19.6. The molecule has 1 amide bonds. The molecule has 2 heterocycles. The highest BCUT2D eigenvalue weighted by atomic mass is 16.5. The number of amides is 1. The Morgan fingerprint density at radius 1 is 1.41 bits per heavy atom.